The molecule has 0 unspecified atom stereocenters. The Kier molecular flexibility index (Phi) is 5.24. The smallest absolute Gasteiger partial charge is 0.272 e. The van der Waals surface area contributed by atoms with Crippen molar-refractivity contribution in [3.05, 3.63) is 70.1 Å². The first-order chi connectivity index (χ1) is 15.2. The summed E-state index contributed by atoms with van der Waals surface area (Å²) in [6.45, 7) is 2.37. The van der Waals surface area contributed by atoms with Crippen LogP contribution in [0.4, 0.5) is 0 Å². The molecule has 31 heavy (non-hydrogen) atoms. The van der Waals surface area contributed by atoms with Crippen LogP contribution in [0, 0.1) is 0 Å². The Labute approximate surface area is 185 Å². The second kappa shape index (κ2) is 8.20. The van der Waals surface area contributed by atoms with Crippen molar-refractivity contribution in [3.8, 4) is 0 Å². The molecule has 5 rings (SSSR count). The molecule has 1 amide bonds. The van der Waals surface area contributed by atoms with Crippen molar-refractivity contribution in [1.29, 1.82) is 0 Å². The predicted molar refractivity (Wildman–Crippen MR) is 118 cm³/mol. The average molecular weight is 455 g/mol. The van der Waals surface area contributed by atoms with Crippen molar-refractivity contribution in [2.24, 2.45) is 5.10 Å². The van der Waals surface area contributed by atoms with Crippen molar-refractivity contribution in [3.63, 3.8) is 0 Å². The zero-order valence-electron chi connectivity index (χ0n) is 16.6. The molecular weight excluding hydrogens is 436 g/mol. The molecule has 0 saturated carbocycles. The van der Waals surface area contributed by atoms with E-state index < -0.39 is 0 Å². The molecule has 0 radical (unpaired) electrons. The van der Waals surface area contributed by atoms with Crippen molar-refractivity contribution in [1.82, 2.24) is 14.6 Å². The maximum Gasteiger partial charge on any atom is 0.272 e. The molecule has 1 atom stereocenters. The zero-order valence-corrected chi connectivity index (χ0v) is 18.2. The largest absolute Gasteiger partial charge is 0.467 e. The van der Waals surface area contributed by atoms with Gasteiger partial charge in [-0.15, -0.1) is 11.3 Å². The summed E-state index contributed by atoms with van der Waals surface area (Å²) in [4.78, 5) is 30.4. The molecule has 8 nitrogen and oxygen atoms in total. The molecule has 1 aliphatic rings. The van der Waals surface area contributed by atoms with Crippen LogP contribution >= 0.6 is 23.1 Å². The van der Waals surface area contributed by atoms with Crippen LogP contribution in [0.1, 0.15) is 30.9 Å². The second-order valence-electron chi connectivity index (χ2n) is 6.87. The van der Waals surface area contributed by atoms with Gasteiger partial charge in [-0.1, -0.05) is 11.8 Å². The number of aromatic nitrogens is 2. The number of hydrogen-bond acceptors (Lipinski definition) is 8. The molecule has 1 aliphatic heterocycles. The summed E-state index contributed by atoms with van der Waals surface area (Å²) in [5.41, 5.74) is 1.26. The summed E-state index contributed by atoms with van der Waals surface area (Å²) in [6, 6.07) is 8.71. The Balaban J connectivity index is 1.41. The number of hydrazone groups is 1. The Bertz CT molecular complexity index is 1310. The van der Waals surface area contributed by atoms with Crippen LogP contribution in [0.3, 0.4) is 0 Å². The number of rotatable bonds is 6. The number of amides is 1. The summed E-state index contributed by atoms with van der Waals surface area (Å²) < 4.78 is 13.2. The minimum atomic E-state index is -0.344. The van der Waals surface area contributed by atoms with E-state index >= 15 is 0 Å². The lowest BCUT2D eigenvalue weighted by molar-refractivity contribution is -0.130. The summed E-state index contributed by atoms with van der Waals surface area (Å²) in [5.74, 6) is 1.18. The highest BCUT2D eigenvalue weighted by Crippen LogP contribution is 2.34. The third-order valence-electron chi connectivity index (χ3n) is 5.01. The van der Waals surface area contributed by atoms with Gasteiger partial charge < -0.3 is 8.83 Å². The topological polar surface area (TPSA) is 93.8 Å². The summed E-state index contributed by atoms with van der Waals surface area (Å²) in [6.07, 6.45) is 3.66. The maximum atomic E-state index is 13.2. The summed E-state index contributed by atoms with van der Waals surface area (Å²) in [5, 5.41) is 8.35. The monoisotopic (exact) mass is 454 g/mol. The number of fused-ring (bicyclic) bond motifs is 1. The Morgan fingerprint density at radius 1 is 1.26 bits per heavy atom. The third-order valence-corrected chi connectivity index (χ3v) is 6.87. The normalized spacial score (nSPS) is 16.2. The number of carbonyl (C=O) groups is 1. The van der Waals surface area contributed by atoms with Crippen LogP contribution in [0.2, 0.25) is 0 Å². The molecule has 158 valence electrons. The average Bonchev–Trinajstić information content (AvgIpc) is 3.56. The van der Waals surface area contributed by atoms with Gasteiger partial charge in [0.2, 0.25) is 0 Å². The highest BCUT2D eigenvalue weighted by molar-refractivity contribution is 7.99. The molecule has 5 heterocycles. The predicted octanol–water partition coefficient (Wildman–Crippen LogP) is 4.13. The standard InChI is InChI=1S/C21H18N4O4S2/c1-2-24-20(27)19-13(7-10-30-19)22-21(24)31-12-18(26)25-15(17-6-4-9-29-17)11-14(23-25)16-5-3-8-28-16/h3-10,15H,2,11-12H2,1H3/t15-/m0/s1. The first-order valence-corrected chi connectivity index (χ1v) is 11.6. The molecule has 10 heteroatoms. The van der Waals surface area contributed by atoms with Gasteiger partial charge in [-0.3, -0.25) is 14.2 Å². The number of nitrogens with zero attached hydrogens (tertiary/aromatic N) is 4. The number of hydrogen-bond donors (Lipinski definition) is 0. The van der Waals surface area contributed by atoms with Gasteiger partial charge in [0.15, 0.2) is 5.16 Å². The first kappa shape index (κ1) is 19.8. The van der Waals surface area contributed by atoms with Crippen LogP contribution in [-0.4, -0.2) is 31.9 Å². The van der Waals surface area contributed by atoms with Crippen LogP contribution in [0.25, 0.3) is 10.2 Å². The molecule has 0 spiro atoms. The fraction of sp³-hybridized carbons (Fsp3) is 0.238. The van der Waals surface area contributed by atoms with Crippen LogP contribution in [0.5, 0.6) is 0 Å². The Hall–Kier alpha value is -3.11. The number of carbonyl (C=O) groups excluding carboxylic acids is 1. The minimum absolute atomic E-state index is 0.0785. The first-order valence-electron chi connectivity index (χ1n) is 9.73. The zero-order chi connectivity index (χ0) is 21.4. The maximum absolute atomic E-state index is 13.2. The fourth-order valence-corrected chi connectivity index (χ4v) is 5.23. The molecule has 4 aromatic rings. The second-order valence-corrected chi connectivity index (χ2v) is 8.72. The number of thiophene rings is 1. The fourth-order valence-electron chi connectivity index (χ4n) is 3.54. The van der Waals surface area contributed by atoms with Gasteiger partial charge in [0, 0.05) is 13.0 Å². The van der Waals surface area contributed by atoms with Gasteiger partial charge in [0.1, 0.15) is 28.0 Å². The van der Waals surface area contributed by atoms with Crippen molar-refractivity contribution in [2.45, 2.75) is 31.1 Å². The molecule has 4 aromatic heterocycles. The van der Waals surface area contributed by atoms with E-state index in [1.54, 1.807) is 29.2 Å². The van der Waals surface area contributed by atoms with E-state index in [1.807, 2.05) is 30.5 Å². The number of furan rings is 2. The van der Waals surface area contributed by atoms with Crippen molar-refractivity contribution < 1.29 is 13.6 Å². The Morgan fingerprint density at radius 2 is 2.10 bits per heavy atom. The highest BCUT2D eigenvalue weighted by Gasteiger charge is 2.35. The van der Waals surface area contributed by atoms with Crippen LogP contribution < -0.4 is 5.56 Å². The van der Waals surface area contributed by atoms with Gasteiger partial charge in [-0.25, -0.2) is 9.99 Å². The van der Waals surface area contributed by atoms with Crippen LogP contribution in [-0.2, 0) is 11.3 Å². The quantitative estimate of drug-likeness (QED) is 0.321. The SMILES string of the molecule is CCn1c(SCC(=O)N2N=C(c3ccco3)C[C@H]2c2ccco2)nc2ccsc2c1=O. The molecule has 0 saturated heterocycles. The van der Waals surface area contributed by atoms with E-state index in [4.69, 9.17) is 8.83 Å². The van der Waals surface area contributed by atoms with Gasteiger partial charge in [0.05, 0.1) is 23.8 Å². The van der Waals surface area contributed by atoms with Gasteiger partial charge in [-0.05, 0) is 42.6 Å². The molecule has 0 aromatic carbocycles. The Morgan fingerprint density at radius 3 is 2.84 bits per heavy atom. The van der Waals surface area contributed by atoms with Crippen LogP contribution in [0.15, 0.2) is 72.1 Å². The van der Waals surface area contributed by atoms with E-state index in [-0.39, 0.29) is 23.3 Å². The van der Waals surface area contributed by atoms with Crippen molar-refractivity contribution >= 4 is 44.9 Å². The summed E-state index contributed by atoms with van der Waals surface area (Å²) >= 11 is 2.62. The van der Waals surface area contributed by atoms with E-state index in [0.717, 1.165) is 0 Å². The van der Waals surface area contributed by atoms with Gasteiger partial charge in [0.25, 0.3) is 11.5 Å². The summed E-state index contributed by atoms with van der Waals surface area (Å²) in [7, 11) is 0. The highest BCUT2D eigenvalue weighted by atomic mass is 32.2. The molecular formula is C21H18N4O4S2. The lowest BCUT2D eigenvalue weighted by atomic mass is 10.1. The van der Waals surface area contributed by atoms with Gasteiger partial charge >= 0.3 is 0 Å². The van der Waals surface area contributed by atoms with Crippen molar-refractivity contribution in [2.75, 3.05) is 5.75 Å². The third kappa shape index (κ3) is 3.61. The van der Waals surface area contributed by atoms with E-state index in [1.165, 1.54) is 28.1 Å². The minimum Gasteiger partial charge on any atom is -0.467 e. The molecule has 0 fully saturated rings. The van der Waals surface area contributed by atoms with E-state index in [0.29, 0.717) is 45.6 Å². The van der Waals surface area contributed by atoms with E-state index in [9.17, 15) is 9.59 Å². The molecule has 0 aliphatic carbocycles. The molecule has 0 N–H and O–H groups in total. The van der Waals surface area contributed by atoms with Gasteiger partial charge in [-0.2, -0.15) is 5.10 Å². The lowest BCUT2D eigenvalue weighted by Crippen LogP contribution is -2.29. The molecule has 0 bridgehead atoms. The lowest BCUT2D eigenvalue weighted by Gasteiger charge is -2.19. The number of thioether (sulfide) groups is 1. The van der Waals surface area contributed by atoms with E-state index in [2.05, 4.69) is 10.1 Å².